The summed E-state index contributed by atoms with van der Waals surface area (Å²) >= 11 is 9.12. The number of aliphatic hydroxyl groups excluding tert-OH is 1. The zero-order chi connectivity index (χ0) is 21.0. The Hall–Kier alpha value is -1.47. The van der Waals surface area contributed by atoms with Crippen molar-refractivity contribution in [3.05, 3.63) is 70.4 Å². The first-order valence-electron chi connectivity index (χ1n) is 10.1. The van der Waals surface area contributed by atoms with Gasteiger partial charge in [-0.15, -0.1) is 34.3 Å². The Bertz CT molecular complexity index is 1010. The van der Waals surface area contributed by atoms with Gasteiger partial charge in [0.15, 0.2) is 0 Å². The van der Waals surface area contributed by atoms with Gasteiger partial charge in [-0.25, -0.2) is 0 Å². The largest absolute Gasteiger partial charge is 0.381 e. The van der Waals surface area contributed by atoms with Crippen LogP contribution in [-0.4, -0.2) is 37.6 Å². The van der Waals surface area contributed by atoms with E-state index in [-0.39, 0.29) is 6.79 Å². The standard InChI is InChI=1S/C13H15ClOS.C11H12O2S/c14-7-2-8-15-9-5-11-3-1-4-13-12(11)6-10-16-13;12-8-13-6-4-9-2-1-3-11-10(9)5-7-14-11/h1,3-4,6,10H,2,5,7-9H2;1-3,5,7,12H,4,6,8H2. The Morgan fingerprint density at radius 1 is 0.733 bits per heavy atom. The van der Waals surface area contributed by atoms with Gasteiger partial charge >= 0.3 is 0 Å². The van der Waals surface area contributed by atoms with Gasteiger partial charge in [-0.3, -0.25) is 0 Å². The molecule has 4 rings (SSSR count). The van der Waals surface area contributed by atoms with Crippen LogP contribution in [0.15, 0.2) is 59.3 Å². The molecule has 0 amide bonds. The van der Waals surface area contributed by atoms with Crippen LogP contribution in [0.3, 0.4) is 0 Å². The number of rotatable bonds is 10. The van der Waals surface area contributed by atoms with Gasteiger partial charge in [-0.2, -0.15) is 0 Å². The third-order valence-electron chi connectivity index (χ3n) is 4.72. The number of benzene rings is 2. The van der Waals surface area contributed by atoms with Crippen LogP contribution < -0.4 is 0 Å². The highest BCUT2D eigenvalue weighted by Crippen LogP contribution is 2.25. The predicted octanol–water partition coefficient (Wildman–Crippen LogP) is 6.50. The second-order valence-corrected chi connectivity index (χ2v) is 8.96. The van der Waals surface area contributed by atoms with Crippen LogP contribution in [0.4, 0.5) is 0 Å². The Balaban J connectivity index is 0.000000172. The van der Waals surface area contributed by atoms with E-state index >= 15 is 0 Å². The fourth-order valence-electron chi connectivity index (χ4n) is 3.24. The van der Waals surface area contributed by atoms with Gasteiger partial charge in [-0.1, -0.05) is 24.3 Å². The molecule has 4 aromatic rings. The molecule has 0 fully saturated rings. The van der Waals surface area contributed by atoms with Crippen molar-refractivity contribution in [2.24, 2.45) is 0 Å². The molecule has 0 atom stereocenters. The zero-order valence-electron chi connectivity index (χ0n) is 16.9. The van der Waals surface area contributed by atoms with E-state index in [1.165, 1.54) is 31.3 Å². The molecule has 3 nitrogen and oxygen atoms in total. The van der Waals surface area contributed by atoms with E-state index in [0.29, 0.717) is 12.5 Å². The van der Waals surface area contributed by atoms with Gasteiger partial charge in [0.2, 0.25) is 0 Å². The van der Waals surface area contributed by atoms with Crippen molar-refractivity contribution >= 4 is 54.4 Å². The minimum atomic E-state index is -0.195. The molecule has 0 bridgehead atoms. The molecule has 1 N–H and O–H groups in total. The maximum atomic E-state index is 8.50. The molecule has 30 heavy (non-hydrogen) atoms. The highest BCUT2D eigenvalue weighted by Gasteiger charge is 2.02. The van der Waals surface area contributed by atoms with Crippen LogP contribution in [0.1, 0.15) is 17.5 Å². The number of ether oxygens (including phenoxy) is 2. The van der Waals surface area contributed by atoms with Crippen LogP contribution in [0, 0.1) is 0 Å². The van der Waals surface area contributed by atoms with Crippen molar-refractivity contribution in [1.82, 2.24) is 0 Å². The van der Waals surface area contributed by atoms with Crippen molar-refractivity contribution < 1.29 is 14.6 Å². The van der Waals surface area contributed by atoms with Crippen molar-refractivity contribution in [1.29, 1.82) is 0 Å². The summed E-state index contributed by atoms with van der Waals surface area (Å²) < 4.78 is 13.1. The molecule has 0 aliphatic heterocycles. The number of hydrogen-bond donors (Lipinski definition) is 1. The van der Waals surface area contributed by atoms with Crippen molar-refractivity contribution in [2.45, 2.75) is 19.3 Å². The highest BCUT2D eigenvalue weighted by molar-refractivity contribution is 7.17. The van der Waals surface area contributed by atoms with Gasteiger partial charge in [0.1, 0.15) is 6.79 Å². The summed E-state index contributed by atoms with van der Waals surface area (Å²) in [6.45, 7) is 1.93. The molecular weight excluding hydrogens is 436 g/mol. The minimum absolute atomic E-state index is 0.195. The molecule has 0 saturated heterocycles. The molecule has 0 aliphatic rings. The van der Waals surface area contributed by atoms with E-state index in [0.717, 1.165) is 32.5 Å². The SMILES string of the molecule is ClCCCOCCc1cccc2sccc12.OCOCCc1cccc2sccc12. The fourth-order valence-corrected chi connectivity index (χ4v) is 5.01. The maximum absolute atomic E-state index is 8.50. The van der Waals surface area contributed by atoms with Crippen LogP contribution in [-0.2, 0) is 22.3 Å². The number of aliphatic hydroxyl groups is 1. The molecule has 2 heterocycles. The van der Waals surface area contributed by atoms with E-state index < -0.39 is 0 Å². The molecular formula is C24H27ClO3S2. The monoisotopic (exact) mass is 462 g/mol. The summed E-state index contributed by atoms with van der Waals surface area (Å²) in [5, 5.41) is 15.4. The van der Waals surface area contributed by atoms with Crippen LogP contribution in [0.2, 0.25) is 0 Å². The molecule has 160 valence electrons. The molecule has 2 aromatic heterocycles. The fraction of sp³-hybridized carbons (Fsp3) is 0.333. The molecule has 0 spiro atoms. The van der Waals surface area contributed by atoms with E-state index in [1.807, 2.05) is 0 Å². The topological polar surface area (TPSA) is 38.7 Å². The Morgan fingerprint density at radius 3 is 1.83 bits per heavy atom. The summed E-state index contributed by atoms with van der Waals surface area (Å²) in [5.74, 6) is 0.681. The first-order valence-corrected chi connectivity index (χ1v) is 12.4. The van der Waals surface area contributed by atoms with E-state index in [9.17, 15) is 0 Å². The van der Waals surface area contributed by atoms with Gasteiger partial charge in [0.05, 0.1) is 13.2 Å². The lowest BCUT2D eigenvalue weighted by Gasteiger charge is -2.04. The lowest BCUT2D eigenvalue weighted by Crippen LogP contribution is -2.00. The summed E-state index contributed by atoms with van der Waals surface area (Å²) in [6, 6.07) is 17.1. The van der Waals surface area contributed by atoms with Gasteiger partial charge in [0.25, 0.3) is 0 Å². The van der Waals surface area contributed by atoms with Crippen LogP contribution in [0.5, 0.6) is 0 Å². The van der Waals surface area contributed by atoms with E-state index in [1.54, 1.807) is 22.7 Å². The summed E-state index contributed by atoms with van der Waals surface area (Å²) in [7, 11) is 0. The second kappa shape index (κ2) is 13.1. The quantitative estimate of drug-likeness (QED) is 0.166. The smallest absolute Gasteiger partial charge is 0.143 e. The van der Waals surface area contributed by atoms with Gasteiger partial charge in [0, 0.05) is 21.9 Å². The summed E-state index contributed by atoms with van der Waals surface area (Å²) in [6.07, 6.45) is 2.77. The zero-order valence-corrected chi connectivity index (χ0v) is 19.3. The molecule has 2 aromatic carbocycles. The lowest BCUT2D eigenvalue weighted by molar-refractivity contribution is 0.000350. The Labute approximate surface area is 190 Å². The number of fused-ring (bicyclic) bond motifs is 2. The summed E-state index contributed by atoms with van der Waals surface area (Å²) in [4.78, 5) is 0. The normalized spacial score (nSPS) is 11.0. The van der Waals surface area contributed by atoms with Gasteiger partial charge in [-0.05, 0) is 76.2 Å². The number of halogens is 1. The molecule has 0 radical (unpaired) electrons. The molecule has 0 aliphatic carbocycles. The van der Waals surface area contributed by atoms with Gasteiger partial charge < -0.3 is 14.6 Å². The number of thiophene rings is 2. The lowest BCUT2D eigenvalue weighted by atomic mass is 10.1. The van der Waals surface area contributed by atoms with E-state index in [2.05, 4.69) is 59.3 Å². The summed E-state index contributed by atoms with van der Waals surface area (Å²) in [5.41, 5.74) is 2.67. The number of alkyl halides is 1. The van der Waals surface area contributed by atoms with Crippen molar-refractivity contribution in [3.63, 3.8) is 0 Å². The maximum Gasteiger partial charge on any atom is 0.143 e. The first-order chi connectivity index (χ1) is 14.8. The molecule has 6 heteroatoms. The molecule has 0 unspecified atom stereocenters. The van der Waals surface area contributed by atoms with Crippen LogP contribution >= 0.6 is 34.3 Å². The Kier molecular flexibility index (Phi) is 10.1. The molecule has 0 saturated carbocycles. The Morgan fingerprint density at radius 2 is 1.30 bits per heavy atom. The average Bonchev–Trinajstić information content (AvgIpc) is 3.44. The third kappa shape index (κ3) is 6.77. The van der Waals surface area contributed by atoms with E-state index in [4.69, 9.17) is 26.2 Å². The minimum Gasteiger partial charge on any atom is -0.381 e. The van der Waals surface area contributed by atoms with Crippen molar-refractivity contribution in [3.8, 4) is 0 Å². The number of hydrogen-bond acceptors (Lipinski definition) is 5. The third-order valence-corrected chi connectivity index (χ3v) is 6.75. The average molecular weight is 463 g/mol. The van der Waals surface area contributed by atoms with Crippen molar-refractivity contribution in [2.75, 3.05) is 32.5 Å². The predicted molar refractivity (Wildman–Crippen MR) is 130 cm³/mol. The van der Waals surface area contributed by atoms with Crippen LogP contribution in [0.25, 0.3) is 20.2 Å². The second-order valence-electron chi connectivity index (χ2n) is 6.69. The highest BCUT2D eigenvalue weighted by atomic mass is 35.5. The first kappa shape index (κ1) is 23.2.